The highest BCUT2D eigenvalue weighted by Gasteiger charge is 2.22. The maximum absolute atomic E-state index is 11.7. The molecule has 94 valence electrons. The van der Waals surface area contributed by atoms with Crippen molar-refractivity contribution in [1.29, 1.82) is 0 Å². The number of aromatic hydroxyl groups is 1. The van der Waals surface area contributed by atoms with E-state index in [2.05, 4.69) is 0 Å². The van der Waals surface area contributed by atoms with Crippen LogP contribution in [0.5, 0.6) is 11.5 Å². The molecule has 0 heterocycles. The highest BCUT2D eigenvalue weighted by atomic mass is 16.5. The van der Waals surface area contributed by atoms with Crippen molar-refractivity contribution in [3.05, 3.63) is 23.8 Å². The number of hydrogen-bond acceptors (Lipinski definition) is 4. The maximum Gasteiger partial charge on any atom is 0.313 e. The molecule has 4 nitrogen and oxygen atoms in total. The summed E-state index contributed by atoms with van der Waals surface area (Å²) in [5.74, 6) is -0.376. The van der Waals surface area contributed by atoms with Crippen LogP contribution in [0.25, 0.3) is 0 Å². The molecule has 4 heteroatoms. The molecular weight excluding hydrogens is 220 g/mol. The number of rotatable bonds is 5. The molecule has 1 N–H and O–H groups in total. The third-order valence-electron chi connectivity index (χ3n) is 2.42. The van der Waals surface area contributed by atoms with Gasteiger partial charge in [-0.3, -0.25) is 4.79 Å². The van der Waals surface area contributed by atoms with Crippen molar-refractivity contribution in [3.63, 3.8) is 0 Å². The van der Waals surface area contributed by atoms with E-state index in [1.165, 1.54) is 6.07 Å². The van der Waals surface area contributed by atoms with E-state index >= 15 is 0 Å². The van der Waals surface area contributed by atoms with Gasteiger partial charge < -0.3 is 14.6 Å². The highest BCUT2D eigenvalue weighted by molar-refractivity contribution is 5.79. The number of para-hydroxylation sites is 1. The number of benzene rings is 1. The van der Waals surface area contributed by atoms with Crippen molar-refractivity contribution in [3.8, 4) is 11.5 Å². The number of ether oxygens (including phenoxy) is 2. The molecule has 1 aromatic carbocycles. The molecule has 0 saturated heterocycles. The lowest BCUT2D eigenvalue weighted by Crippen LogP contribution is -2.14. The first kappa shape index (κ1) is 13.4. The van der Waals surface area contributed by atoms with Crippen molar-refractivity contribution in [2.24, 2.45) is 0 Å². The van der Waals surface area contributed by atoms with E-state index in [1.54, 1.807) is 26.0 Å². The number of phenolic OH excluding ortho intramolecular Hbond substituents is 1. The summed E-state index contributed by atoms with van der Waals surface area (Å²) in [6.07, 6.45) is 0. The van der Waals surface area contributed by atoms with Crippen LogP contribution in [0.1, 0.15) is 32.3 Å². The van der Waals surface area contributed by atoms with Gasteiger partial charge in [-0.15, -0.1) is 0 Å². The molecule has 17 heavy (non-hydrogen) atoms. The van der Waals surface area contributed by atoms with Gasteiger partial charge >= 0.3 is 5.97 Å². The van der Waals surface area contributed by atoms with Crippen molar-refractivity contribution < 1.29 is 19.4 Å². The number of carbonyl (C=O) groups is 1. The molecule has 1 rings (SSSR count). The SMILES string of the molecule is CCOC(=O)C(C)c1cccc(O)c1OCC. The molecule has 0 fully saturated rings. The zero-order chi connectivity index (χ0) is 12.8. The van der Waals surface area contributed by atoms with Gasteiger partial charge in [-0.1, -0.05) is 12.1 Å². The van der Waals surface area contributed by atoms with Gasteiger partial charge in [0.05, 0.1) is 19.1 Å². The second-order valence-corrected chi connectivity index (χ2v) is 3.60. The van der Waals surface area contributed by atoms with Gasteiger partial charge in [-0.25, -0.2) is 0 Å². The average molecular weight is 238 g/mol. The minimum Gasteiger partial charge on any atom is -0.504 e. The molecule has 0 aromatic heterocycles. The van der Waals surface area contributed by atoms with E-state index in [9.17, 15) is 9.90 Å². The second-order valence-electron chi connectivity index (χ2n) is 3.60. The van der Waals surface area contributed by atoms with Crippen LogP contribution in [0.3, 0.4) is 0 Å². The van der Waals surface area contributed by atoms with Gasteiger partial charge in [-0.05, 0) is 26.8 Å². The second kappa shape index (κ2) is 6.13. The first-order valence-corrected chi connectivity index (χ1v) is 5.73. The van der Waals surface area contributed by atoms with Crippen LogP contribution in [-0.4, -0.2) is 24.3 Å². The highest BCUT2D eigenvalue weighted by Crippen LogP contribution is 2.35. The van der Waals surface area contributed by atoms with Crippen LogP contribution in [-0.2, 0) is 9.53 Å². The summed E-state index contributed by atoms with van der Waals surface area (Å²) in [4.78, 5) is 11.7. The van der Waals surface area contributed by atoms with Crippen LogP contribution in [0.15, 0.2) is 18.2 Å². The number of esters is 1. The molecule has 0 aliphatic heterocycles. The van der Waals surface area contributed by atoms with Crippen LogP contribution in [0.4, 0.5) is 0 Å². The average Bonchev–Trinajstić information content (AvgIpc) is 2.31. The normalized spacial score (nSPS) is 11.9. The molecule has 0 saturated carbocycles. The van der Waals surface area contributed by atoms with Gasteiger partial charge in [0.15, 0.2) is 11.5 Å². The summed E-state index contributed by atoms with van der Waals surface area (Å²) >= 11 is 0. The maximum atomic E-state index is 11.7. The first-order valence-electron chi connectivity index (χ1n) is 5.73. The minimum atomic E-state index is -0.455. The van der Waals surface area contributed by atoms with Crippen molar-refractivity contribution >= 4 is 5.97 Å². The Morgan fingerprint density at radius 2 is 2.06 bits per heavy atom. The summed E-state index contributed by atoms with van der Waals surface area (Å²) in [6, 6.07) is 4.97. The Kier molecular flexibility index (Phi) is 4.82. The van der Waals surface area contributed by atoms with Gasteiger partial charge in [0.25, 0.3) is 0 Å². The molecule has 0 aliphatic carbocycles. The van der Waals surface area contributed by atoms with Crippen molar-refractivity contribution in [1.82, 2.24) is 0 Å². The first-order chi connectivity index (χ1) is 8.11. The molecular formula is C13H18O4. The molecule has 0 bridgehead atoms. The Morgan fingerprint density at radius 3 is 2.65 bits per heavy atom. The lowest BCUT2D eigenvalue weighted by atomic mass is 10.00. The Bertz CT molecular complexity index is 387. The number of carbonyl (C=O) groups excluding carboxylic acids is 1. The fourth-order valence-corrected chi connectivity index (χ4v) is 1.58. The quantitative estimate of drug-likeness (QED) is 0.800. The lowest BCUT2D eigenvalue weighted by molar-refractivity contribution is -0.144. The van der Waals surface area contributed by atoms with Gasteiger partial charge in [0.1, 0.15) is 0 Å². The Balaban J connectivity index is 3.03. The van der Waals surface area contributed by atoms with Gasteiger partial charge in [0.2, 0.25) is 0 Å². The van der Waals surface area contributed by atoms with E-state index in [0.717, 1.165) is 0 Å². The van der Waals surface area contributed by atoms with E-state index < -0.39 is 5.92 Å². The molecule has 0 aliphatic rings. The summed E-state index contributed by atoms with van der Waals surface area (Å²) in [5.41, 5.74) is 0.644. The predicted molar refractivity (Wildman–Crippen MR) is 64.3 cm³/mol. The Labute approximate surface area is 101 Å². The summed E-state index contributed by atoms with van der Waals surface area (Å²) in [7, 11) is 0. The molecule has 0 amide bonds. The third-order valence-corrected chi connectivity index (χ3v) is 2.42. The topological polar surface area (TPSA) is 55.8 Å². The van der Waals surface area contributed by atoms with Crippen LogP contribution < -0.4 is 4.74 Å². The zero-order valence-corrected chi connectivity index (χ0v) is 10.4. The van der Waals surface area contributed by atoms with E-state index in [1.807, 2.05) is 6.92 Å². The fourth-order valence-electron chi connectivity index (χ4n) is 1.58. The van der Waals surface area contributed by atoms with E-state index in [4.69, 9.17) is 9.47 Å². The Morgan fingerprint density at radius 1 is 1.35 bits per heavy atom. The van der Waals surface area contributed by atoms with E-state index in [0.29, 0.717) is 24.5 Å². The molecule has 1 aromatic rings. The Hall–Kier alpha value is -1.71. The fraction of sp³-hybridized carbons (Fsp3) is 0.462. The van der Waals surface area contributed by atoms with Gasteiger partial charge in [-0.2, -0.15) is 0 Å². The van der Waals surface area contributed by atoms with Crippen LogP contribution in [0.2, 0.25) is 0 Å². The minimum absolute atomic E-state index is 0.0421. The summed E-state index contributed by atoms with van der Waals surface area (Å²) < 4.78 is 10.3. The summed E-state index contributed by atoms with van der Waals surface area (Å²) in [5, 5.41) is 9.71. The number of phenols is 1. The standard InChI is InChI=1S/C13H18O4/c1-4-16-12-10(7-6-8-11(12)14)9(3)13(15)17-5-2/h6-9,14H,4-5H2,1-3H3. The van der Waals surface area contributed by atoms with Crippen molar-refractivity contribution in [2.45, 2.75) is 26.7 Å². The lowest BCUT2D eigenvalue weighted by Gasteiger charge is -2.16. The van der Waals surface area contributed by atoms with Crippen LogP contribution in [0, 0.1) is 0 Å². The molecule has 0 radical (unpaired) electrons. The monoisotopic (exact) mass is 238 g/mol. The van der Waals surface area contributed by atoms with Crippen LogP contribution >= 0.6 is 0 Å². The summed E-state index contributed by atoms with van der Waals surface area (Å²) in [6.45, 7) is 6.09. The van der Waals surface area contributed by atoms with Gasteiger partial charge in [0, 0.05) is 5.56 Å². The smallest absolute Gasteiger partial charge is 0.313 e. The molecule has 1 unspecified atom stereocenters. The molecule has 0 spiro atoms. The van der Waals surface area contributed by atoms with Crippen molar-refractivity contribution in [2.75, 3.05) is 13.2 Å². The molecule has 1 atom stereocenters. The largest absolute Gasteiger partial charge is 0.504 e. The van der Waals surface area contributed by atoms with E-state index in [-0.39, 0.29) is 11.7 Å². The zero-order valence-electron chi connectivity index (χ0n) is 10.4. The third kappa shape index (κ3) is 3.12. The number of hydrogen-bond donors (Lipinski definition) is 1. The predicted octanol–water partition coefficient (Wildman–Crippen LogP) is 2.46.